The monoisotopic (exact) mass is 387 g/mol. The predicted octanol–water partition coefficient (Wildman–Crippen LogP) is 4.08. The zero-order valence-corrected chi connectivity index (χ0v) is 15.5. The lowest BCUT2D eigenvalue weighted by Crippen LogP contribution is -2.14. The fourth-order valence-electron chi connectivity index (χ4n) is 2.50. The zero-order valence-electron chi connectivity index (χ0n) is 14.7. The summed E-state index contributed by atoms with van der Waals surface area (Å²) < 4.78 is 45.8. The smallest absolute Gasteiger partial charge is 0.262 e. The Morgan fingerprint density at radius 1 is 1.04 bits per heavy atom. The summed E-state index contributed by atoms with van der Waals surface area (Å²) in [7, 11) is -2.25. The minimum absolute atomic E-state index is 0.0162. The molecule has 0 spiro atoms. The lowest BCUT2D eigenvalue weighted by atomic mass is 10.2. The summed E-state index contributed by atoms with van der Waals surface area (Å²) in [5.74, 6) is 0.768. The molecule has 0 aliphatic rings. The molecular formula is C19H18FN3O3S. The Hall–Kier alpha value is -3.13. The van der Waals surface area contributed by atoms with Crippen LogP contribution in [0.25, 0.3) is 0 Å². The molecule has 1 aromatic heterocycles. The van der Waals surface area contributed by atoms with Crippen LogP contribution in [-0.4, -0.2) is 20.5 Å². The Morgan fingerprint density at radius 2 is 1.85 bits per heavy atom. The van der Waals surface area contributed by atoms with Gasteiger partial charge in [-0.1, -0.05) is 6.07 Å². The molecule has 0 amide bonds. The zero-order chi connectivity index (χ0) is 19.4. The second kappa shape index (κ2) is 7.63. The highest BCUT2D eigenvalue weighted by atomic mass is 32.2. The SMILES string of the molecule is COc1cccc(Nc2ccc(NS(=O)(=O)c3ccc(F)cc3C)cn2)c1. The van der Waals surface area contributed by atoms with Crippen LogP contribution in [0.2, 0.25) is 0 Å². The maximum Gasteiger partial charge on any atom is 0.262 e. The van der Waals surface area contributed by atoms with E-state index in [1.807, 2.05) is 24.3 Å². The third kappa shape index (κ3) is 4.53. The highest BCUT2D eigenvalue weighted by Crippen LogP contribution is 2.23. The van der Waals surface area contributed by atoms with Crippen LogP contribution >= 0.6 is 0 Å². The topological polar surface area (TPSA) is 80.3 Å². The number of nitrogens with zero attached hydrogens (tertiary/aromatic N) is 1. The van der Waals surface area contributed by atoms with Gasteiger partial charge in [0.15, 0.2) is 0 Å². The number of hydrogen-bond acceptors (Lipinski definition) is 5. The van der Waals surface area contributed by atoms with Gasteiger partial charge in [-0.25, -0.2) is 17.8 Å². The van der Waals surface area contributed by atoms with Crippen LogP contribution in [0.5, 0.6) is 5.75 Å². The Labute approximate surface area is 157 Å². The minimum atomic E-state index is -3.84. The third-order valence-corrected chi connectivity index (χ3v) is 5.33. The van der Waals surface area contributed by atoms with Crippen LogP contribution < -0.4 is 14.8 Å². The maximum atomic E-state index is 13.2. The summed E-state index contributed by atoms with van der Waals surface area (Å²) in [6, 6.07) is 14.1. The van der Waals surface area contributed by atoms with E-state index in [1.54, 1.807) is 19.2 Å². The molecule has 2 aromatic carbocycles. The van der Waals surface area contributed by atoms with Gasteiger partial charge in [-0.15, -0.1) is 0 Å². The lowest BCUT2D eigenvalue weighted by molar-refractivity contribution is 0.415. The molecule has 140 valence electrons. The number of ether oxygens (including phenoxy) is 1. The molecule has 3 aromatic rings. The Balaban J connectivity index is 1.75. The fourth-order valence-corrected chi connectivity index (χ4v) is 3.77. The van der Waals surface area contributed by atoms with Gasteiger partial charge in [0.2, 0.25) is 0 Å². The lowest BCUT2D eigenvalue weighted by Gasteiger charge is -2.11. The summed E-state index contributed by atoms with van der Waals surface area (Å²) in [6.07, 6.45) is 1.40. The molecule has 0 unspecified atom stereocenters. The first-order valence-electron chi connectivity index (χ1n) is 8.03. The van der Waals surface area contributed by atoms with Crippen molar-refractivity contribution in [3.05, 3.63) is 72.2 Å². The molecule has 0 atom stereocenters. The van der Waals surface area contributed by atoms with E-state index >= 15 is 0 Å². The fraction of sp³-hybridized carbons (Fsp3) is 0.105. The van der Waals surface area contributed by atoms with E-state index in [9.17, 15) is 12.8 Å². The standard InChI is InChI=1S/C19H18FN3O3S/c1-13-10-14(20)6-8-18(13)27(24,25)23-16-7-9-19(21-12-16)22-15-4-3-5-17(11-15)26-2/h3-12,23H,1-2H3,(H,21,22). The van der Waals surface area contributed by atoms with Gasteiger partial charge in [0.1, 0.15) is 17.4 Å². The number of pyridine rings is 1. The van der Waals surface area contributed by atoms with Gasteiger partial charge in [-0.2, -0.15) is 0 Å². The minimum Gasteiger partial charge on any atom is -0.497 e. The molecule has 27 heavy (non-hydrogen) atoms. The summed E-state index contributed by atoms with van der Waals surface area (Å²) in [6.45, 7) is 1.54. The van der Waals surface area contributed by atoms with Gasteiger partial charge in [0, 0.05) is 11.8 Å². The summed E-state index contributed by atoms with van der Waals surface area (Å²) >= 11 is 0. The quantitative estimate of drug-likeness (QED) is 0.666. The number of hydrogen-bond donors (Lipinski definition) is 2. The summed E-state index contributed by atoms with van der Waals surface area (Å²) in [4.78, 5) is 4.22. The van der Waals surface area contributed by atoms with Crippen LogP contribution in [0.1, 0.15) is 5.56 Å². The molecule has 1 heterocycles. The van der Waals surface area contributed by atoms with E-state index in [1.165, 1.54) is 25.3 Å². The van der Waals surface area contributed by atoms with Crippen molar-refractivity contribution in [2.75, 3.05) is 17.1 Å². The van der Waals surface area contributed by atoms with Gasteiger partial charge in [-0.3, -0.25) is 4.72 Å². The van der Waals surface area contributed by atoms with Crippen LogP contribution in [0.15, 0.2) is 65.7 Å². The van der Waals surface area contributed by atoms with Crippen molar-refractivity contribution in [3.63, 3.8) is 0 Å². The first-order chi connectivity index (χ1) is 12.9. The number of sulfonamides is 1. The van der Waals surface area contributed by atoms with Crippen molar-refractivity contribution in [1.82, 2.24) is 4.98 Å². The third-order valence-electron chi connectivity index (χ3n) is 3.78. The molecule has 2 N–H and O–H groups in total. The Morgan fingerprint density at radius 3 is 2.52 bits per heavy atom. The molecule has 3 rings (SSSR count). The second-order valence-corrected chi connectivity index (χ2v) is 7.46. The molecule has 0 saturated heterocycles. The van der Waals surface area contributed by atoms with Crippen molar-refractivity contribution in [3.8, 4) is 5.75 Å². The number of nitrogens with one attached hydrogen (secondary N) is 2. The van der Waals surface area contributed by atoms with E-state index in [0.29, 0.717) is 22.8 Å². The average Bonchev–Trinajstić information content (AvgIpc) is 2.63. The first kappa shape index (κ1) is 18.7. The largest absolute Gasteiger partial charge is 0.497 e. The number of aromatic nitrogens is 1. The number of benzene rings is 2. The van der Waals surface area contributed by atoms with E-state index in [-0.39, 0.29) is 4.90 Å². The molecule has 0 aliphatic heterocycles. The molecule has 0 aliphatic carbocycles. The number of aryl methyl sites for hydroxylation is 1. The van der Waals surface area contributed by atoms with Gasteiger partial charge < -0.3 is 10.1 Å². The molecule has 0 bridgehead atoms. The summed E-state index contributed by atoms with van der Waals surface area (Å²) in [5.41, 5.74) is 1.42. The first-order valence-corrected chi connectivity index (χ1v) is 9.52. The van der Waals surface area contributed by atoms with Gasteiger partial charge in [0.05, 0.1) is 23.9 Å². The van der Waals surface area contributed by atoms with Crippen LogP contribution in [0.4, 0.5) is 21.6 Å². The highest BCUT2D eigenvalue weighted by molar-refractivity contribution is 7.92. The summed E-state index contributed by atoms with van der Waals surface area (Å²) in [5, 5.41) is 3.11. The molecule has 0 fully saturated rings. The second-order valence-electron chi connectivity index (χ2n) is 5.80. The van der Waals surface area contributed by atoms with Crippen molar-refractivity contribution in [2.24, 2.45) is 0 Å². The van der Waals surface area contributed by atoms with E-state index in [4.69, 9.17) is 4.74 Å². The predicted molar refractivity (Wildman–Crippen MR) is 102 cm³/mol. The van der Waals surface area contributed by atoms with Crippen molar-refractivity contribution < 1.29 is 17.5 Å². The average molecular weight is 387 g/mol. The number of rotatable bonds is 6. The van der Waals surface area contributed by atoms with Gasteiger partial charge in [0.25, 0.3) is 10.0 Å². The van der Waals surface area contributed by atoms with Crippen LogP contribution in [0.3, 0.4) is 0 Å². The molecule has 8 heteroatoms. The molecule has 0 saturated carbocycles. The van der Waals surface area contributed by atoms with Crippen molar-refractivity contribution >= 4 is 27.2 Å². The van der Waals surface area contributed by atoms with E-state index in [0.717, 1.165) is 11.8 Å². The number of anilines is 3. The molecule has 0 radical (unpaired) electrons. The molecular weight excluding hydrogens is 369 g/mol. The van der Waals surface area contributed by atoms with E-state index < -0.39 is 15.8 Å². The maximum absolute atomic E-state index is 13.2. The highest BCUT2D eigenvalue weighted by Gasteiger charge is 2.17. The Bertz CT molecular complexity index is 1050. The van der Waals surface area contributed by atoms with Crippen molar-refractivity contribution in [2.45, 2.75) is 11.8 Å². The van der Waals surface area contributed by atoms with Crippen LogP contribution in [0, 0.1) is 12.7 Å². The number of halogens is 1. The van der Waals surface area contributed by atoms with Crippen LogP contribution in [-0.2, 0) is 10.0 Å². The van der Waals surface area contributed by atoms with Gasteiger partial charge in [-0.05, 0) is 55.0 Å². The number of methoxy groups -OCH3 is 1. The van der Waals surface area contributed by atoms with E-state index in [2.05, 4.69) is 15.0 Å². The van der Waals surface area contributed by atoms with Gasteiger partial charge >= 0.3 is 0 Å². The molecule has 6 nitrogen and oxygen atoms in total. The normalized spacial score (nSPS) is 11.1. The van der Waals surface area contributed by atoms with Crippen molar-refractivity contribution in [1.29, 1.82) is 0 Å². The Kier molecular flexibility index (Phi) is 5.27.